The number of rotatable bonds is 4. The number of hydrogen-bond donors (Lipinski definition) is 2. The number of nitrogens with zero attached hydrogens (tertiary/aromatic N) is 1. The van der Waals surface area contributed by atoms with Crippen LogP contribution < -0.4 is 11.1 Å². The summed E-state index contributed by atoms with van der Waals surface area (Å²) in [7, 11) is 0. The molecule has 0 aliphatic heterocycles. The van der Waals surface area contributed by atoms with Gasteiger partial charge in [0.05, 0.1) is 6.54 Å². The average Bonchev–Trinajstić information content (AvgIpc) is 2.47. The van der Waals surface area contributed by atoms with Gasteiger partial charge in [0.15, 0.2) is 5.96 Å². The van der Waals surface area contributed by atoms with Crippen LogP contribution in [0.25, 0.3) is 0 Å². The van der Waals surface area contributed by atoms with E-state index >= 15 is 0 Å². The van der Waals surface area contributed by atoms with E-state index in [1.54, 1.807) is 6.07 Å². The summed E-state index contributed by atoms with van der Waals surface area (Å²) in [4.78, 5) is 4.42. The predicted octanol–water partition coefficient (Wildman–Crippen LogP) is 3.34. The molecule has 0 radical (unpaired) electrons. The van der Waals surface area contributed by atoms with Crippen molar-refractivity contribution in [2.24, 2.45) is 10.7 Å². The standard InChI is InChI=1S/C17H26FN3/c1-17(2,14-10-6-7-11-15(14)18)12-20-16(19)21-13-8-4-3-5-9-13/h6-7,10-11,13H,3-5,8-9,12H2,1-2H3,(H3,19,20,21). The Labute approximate surface area is 126 Å². The highest BCUT2D eigenvalue weighted by Gasteiger charge is 2.23. The van der Waals surface area contributed by atoms with Crippen LogP contribution in [0.15, 0.2) is 29.3 Å². The molecule has 2 rings (SSSR count). The molecule has 1 saturated carbocycles. The van der Waals surface area contributed by atoms with Gasteiger partial charge in [0.1, 0.15) is 5.82 Å². The van der Waals surface area contributed by atoms with Gasteiger partial charge in [0, 0.05) is 11.5 Å². The second-order valence-electron chi connectivity index (χ2n) is 6.54. The van der Waals surface area contributed by atoms with Crippen molar-refractivity contribution in [1.29, 1.82) is 0 Å². The number of guanidine groups is 1. The fraction of sp³-hybridized carbons (Fsp3) is 0.588. The van der Waals surface area contributed by atoms with Crippen molar-refractivity contribution in [2.75, 3.05) is 6.54 Å². The lowest BCUT2D eigenvalue weighted by molar-refractivity contribution is 0.411. The molecule has 1 aliphatic carbocycles. The van der Waals surface area contributed by atoms with E-state index in [2.05, 4.69) is 10.3 Å². The normalized spacial score (nSPS) is 17.8. The van der Waals surface area contributed by atoms with Gasteiger partial charge in [-0.15, -0.1) is 0 Å². The van der Waals surface area contributed by atoms with Crippen molar-refractivity contribution in [3.05, 3.63) is 35.6 Å². The number of benzene rings is 1. The van der Waals surface area contributed by atoms with Gasteiger partial charge in [-0.05, 0) is 24.5 Å². The quantitative estimate of drug-likeness (QED) is 0.660. The van der Waals surface area contributed by atoms with Gasteiger partial charge in [-0.1, -0.05) is 51.3 Å². The molecular formula is C17H26FN3. The second-order valence-corrected chi connectivity index (χ2v) is 6.54. The highest BCUT2D eigenvalue weighted by atomic mass is 19.1. The van der Waals surface area contributed by atoms with Gasteiger partial charge < -0.3 is 11.1 Å². The molecule has 0 aromatic heterocycles. The lowest BCUT2D eigenvalue weighted by Crippen LogP contribution is -2.41. The van der Waals surface area contributed by atoms with Crippen molar-refractivity contribution >= 4 is 5.96 Å². The van der Waals surface area contributed by atoms with Crippen LogP contribution in [0, 0.1) is 5.82 Å². The molecule has 0 bridgehead atoms. The van der Waals surface area contributed by atoms with Gasteiger partial charge in [0.2, 0.25) is 0 Å². The fourth-order valence-electron chi connectivity index (χ4n) is 2.88. The van der Waals surface area contributed by atoms with E-state index in [9.17, 15) is 4.39 Å². The van der Waals surface area contributed by atoms with E-state index in [4.69, 9.17) is 5.73 Å². The van der Waals surface area contributed by atoms with E-state index in [1.807, 2.05) is 26.0 Å². The minimum absolute atomic E-state index is 0.184. The van der Waals surface area contributed by atoms with Gasteiger partial charge >= 0.3 is 0 Å². The monoisotopic (exact) mass is 291 g/mol. The highest BCUT2D eigenvalue weighted by Crippen LogP contribution is 2.26. The molecule has 0 saturated heterocycles. The summed E-state index contributed by atoms with van der Waals surface area (Å²) < 4.78 is 13.9. The zero-order chi connectivity index (χ0) is 15.3. The number of halogens is 1. The van der Waals surface area contributed by atoms with Gasteiger partial charge in [-0.2, -0.15) is 0 Å². The Morgan fingerprint density at radius 1 is 1.29 bits per heavy atom. The number of aliphatic imine (C=N–C) groups is 1. The Bertz CT molecular complexity index is 491. The number of nitrogens with two attached hydrogens (primary N) is 1. The minimum Gasteiger partial charge on any atom is -0.370 e. The van der Waals surface area contributed by atoms with E-state index in [0.29, 0.717) is 24.1 Å². The third kappa shape index (κ3) is 4.45. The first-order valence-corrected chi connectivity index (χ1v) is 7.80. The summed E-state index contributed by atoms with van der Waals surface area (Å²) in [5.41, 5.74) is 6.28. The predicted molar refractivity (Wildman–Crippen MR) is 85.9 cm³/mol. The van der Waals surface area contributed by atoms with E-state index in [0.717, 1.165) is 12.8 Å². The van der Waals surface area contributed by atoms with Crippen LogP contribution in [0.2, 0.25) is 0 Å². The molecule has 0 heterocycles. The van der Waals surface area contributed by atoms with Gasteiger partial charge in [0.25, 0.3) is 0 Å². The van der Waals surface area contributed by atoms with Gasteiger partial charge in [-0.3, -0.25) is 4.99 Å². The molecule has 1 aromatic carbocycles. The van der Waals surface area contributed by atoms with Crippen molar-refractivity contribution in [3.8, 4) is 0 Å². The van der Waals surface area contributed by atoms with Crippen LogP contribution in [0.3, 0.4) is 0 Å². The molecule has 0 atom stereocenters. The molecule has 0 spiro atoms. The summed E-state index contributed by atoms with van der Waals surface area (Å²) in [6.07, 6.45) is 6.15. The third-order valence-electron chi connectivity index (χ3n) is 4.20. The summed E-state index contributed by atoms with van der Waals surface area (Å²) in [5.74, 6) is 0.294. The summed E-state index contributed by atoms with van der Waals surface area (Å²) in [6.45, 7) is 4.45. The first kappa shape index (κ1) is 15.8. The molecule has 4 heteroatoms. The van der Waals surface area contributed by atoms with Crippen LogP contribution >= 0.6 is 0 Å². The molecule has 0 unspecified atom stereocenters. The van der Waals surface area contributed by atoms with Crippen LogP contribution in [0.5, 0.6) is 0 Å². The number of nitrogens with one attached hydrogen (secondary N) is 1. The van der Waals surface area contributed by atoms with E-state index in [1.165, 1.54) is 25.3 Å². The molecule has 3 nitrogen and oxygen atoms in total. The Morgan fingerprint density at radius 2 is 1.95 bits per heavy atom. The molecule has 1 aliphatic rings. The summed E-state index contributed by atoms with van der Waals surface area (Å²) in [6, 6.07) is 7.31. The maximum absolute atomic E-state index is 13.9. The maximum Gasteiger partial charge on any atom is 0.188 e. The van der Waals surface area contributed by atoms with Crippen molar-refractivity contribution in [1.82, 2.24) is 5.32 Å². The molecule has 3 N–H and O–H groups in total. The summed E-state index contributed by atoms with van der Waals surface area (Å²) >= 11 is 0. The van der Waals surface area contributed by atoms with Crippen LogP contribution in [0.4, 0.5) is 4.39 Å². The third-order valence-corrected chi connectivity index (χ3v) is 4.20. The molecule has 116 valence electrons. The topological polar surface area (TPSA) is 50.4 Å². The maximum atomic E-state index is 13.9. The fourth-order valence-corrected chi connectivity index (χ4v) is 2.88. The van der Waals surface area contributed by atoms with Crippen molar-refractivity contribution < 1.29 is 4.39 Å². The average molecular weight is 291 g/mol. The molecule has 0 amide bonds. The molecule has 1 aromatic rings. The Balaban J connectivity index is 1.96. The van der Waals surface area contributed by atoms with Crippen LogP contribution in [0.1, 0.15) is 51.5 Å². The Morgan fingerprint density at radius 3 is 2.62 bits per heavy atom. The van der Waals surface area contributed by atoms with E-state index in [-0.39, 0.29) is 11.2 Å². The molecule has 21 heavy (non-hydrogen) atoms. The van der Waals surface area contributed by atoms with Crippen molar-refractivity contribution in [2.45, 2.75) is 57.4 Å². The lowest BCUT2D eigenvalue weighted by Gasteiger charge is -2.26. The SMILES string of the molecule is CC(C)(CN=C(N)NC1CCCCC1)c1ccccc1F. The smallest absolute Gasteiger partial charge is 0.188 e. The molecular weight excluding hydrogens is 265 g/mol. The van der Waals surface area contributed by atoms with Crippen molar-refractivity contribution in [3.63, 3.8) is 0 Å². The first-order chi connectivity index (χ1) is 9.99. The zero-order valence-electron chi connectivity index (χ0n) is 13.0. The highest BCUT2D eigenvalue weighted by molar-refractivity contribution is 5.78. The van der Waals surface area contributed by atoms with Gasteiger partial charge in [-0.25, -0.2) is 4.39 Å². The molecule has 1 fully saturated rings. The Hall–Kier alpha value is -1.58. The summed E-state index contributed by atoms with van der Waals surface area (Å²) in [5, 5.41) is 3.29. The zero-order valence-corrected chi connectivity index (χ0v) is 13.0. The first-order valence-electron chi connectivity index (χ1n) is 7.80. The van der Waals surface area contributed by atoms with Crippen LogP contribution in [-0.2, 0) is 5.41 Å². The lowest BCUT2D eigenvalue weighted by atomic mass is 9.84. The number of hydrogen-bond acceptors (Lipinski definition) is 1. The van der Waals surface area contributed by atoms with E-state index < -0.39 is 0 Å². The minimum atomic E-state index is -0.371. The van der Waals surface area contributed by atoms with Crippen LogP contribution in [-0.4, -0.2) is 18.5 Å². The largest absolute Gasteiger partial charge is 0.370 e. The second kappa shape index (κ2) is 6.92. The Kier molecular flexibility index (Phi) is 5.21.